The van der Waals surface area contributed by atoms with E-state index in [1.165, 1.54) is 0 Å². The van der Waals surface area contributed by atoms with Crippen molar-refractivity contribution >= 4 is 8.07 Å². The summed E-state index contributed by atoms with van der Waals surface area (Å²) in [7, 11) is -1.70. The third-order valence-electron chi connectivity index (χ3n) is 1.76. The van der Waals surface area contributed by atoms with Crippen molar-refractivity contribution in [3.8, 4) is 0 Å². The van der Waals surface area contributed by atoms with Gasteiger partial charge in [0.2, 0.25) is 0 Å². The van der Waals surface area contributed by atoms with Crippen LogP contribution in [0, 0.1) is 0 Å². The molecule has 0 fully saturated rings. The van der Waals surface area contributed by atoms with Gasteiger partial charge in [-0.25, -0.2) is 4.39 Å². The Morgan fingerprint density at radius 3 is 2.17 bits per heavy atom. The predicted molar refractivity (Wildman–Crippen MR) is 51.4 cm³/mol. The lowest BCUT2D eigenvalue weighted by molar-refractivity contribution is 0.441. The Morgan fingerprint density at radius 2 is 1.75 bits per heavy atom. The van der Waals surface area contributed by atoms with Gasteiger partial charge in [-0.3, -0.25) is 4.98 Å². The average Bonchev–Trinajstić information content (AvgIpc) is 2.03. The van der Waals surface area contributed by atoms with Crippen molar-refractivity contribution < 1.29 is 4.39 Å². The zero-order valence-electron chi connectivity index (χ0n) is 7.71. The van der Waals surface area contributed by atoms with Gasteiger partial charge in [-0.1, -0.05) is 19.6 Å². The smallest absolute Gasteiger partial charge is 0.113 e. The number of hydrogen-bond acceptors (Lipinski definition) is 1. The molecule has 1 aromatic heterocycles. The maximum absolute atomic E-state index is 13.7. The summed E-state index contributed by atoms with van der Waals surface area (Å²) in [5, 5.41) is 0. The molecular formula is C9H14FNSi. The molecule has 12 heavy (non-hydrogen) atoms. The predicted octanol–water partition coefficient (Wildman–Crippen LogP) is 2.97. The van der Waals surface area contributed by atoms with E-state index in [0.717, 1.165) is 5.56 Å². The second-order valence-corrected chi connectivity index (χ2v) is 9.25. The third kappa shape index (κ3) is 2.14. The lowest BCUT2D eigenvalue weighted by Gasteiger charge is -2.21. The molecule has 0 bridgehead atoms. The van der Waals surface area contributed by atoms with Crippen LogP contribution in [-0.2, 0) is 0 Å². The van der Waals surface area contributed by atoms with Crippen molar-refractivity contribution in [1.82, 2.24) is 4.98 Å². The molecule has 0 aliphatic carbocycles. The second kappa shape index (κ2) is 3.35. The van der Waals surface area contributed by atoms with Crippen LogP contribution in [0.25, 0.3) is 0 Å². The van der Waals surface area contributed by atoms with Crippen molar-refractivity contribution in [2.45, 2.75) is 25.4 Å². The molecular weight excluding hydrogens is 169 g/mol. The molecule has 0 unspecified atom stereocenters. The van der Waals surface area contributed by atoms with Gasteiger partial charge in [-0.05, 0) is 17.7 Å². The van der Waals surface area contributed by atoms with Crippen molar-refractivity contribution in [3.05, 3.63) is 30.1 Å². The molecule has 3 heteroatoms. The topological polar surface area (TPSA) is 12.9 Å². The Kier molecular flexibility index (Phi) is 2.62. The Bertz CT molecular complexity index is 242. The van der Waals surface area contributed by atoms with Crippen molar-refractivity contribution in [2.24, 2.45) is 0 Å². The van der Waals surface area contributed by atoms with Crippen LogP contribution < -0.4 is 0 Å². The molecule has 0 spiro atoms. The fraction of sp³-hybridized carbons (Fsp3) is 0.444. The van der Waals surface area contributed by atoms with Gasteiger partial charge < -0.3 is 0 Å². The van der Waals surface area contributed by atoms with Crippen LogP contribution in [0.15, 0.2) is 24.5 Å². The van der Waals surface area contributed by atoms with E-state index in [0.29, 0.717) is 0 Å². The van der Waals surface area contributed by atoms with Gasteiger partial charge in [-0.15, -0.1) is 0 Å². The standard InChI is InChI=1S/C9H14FNSi/c1-12(2,3)9(10)8-4-6-11-7-5-8/h4-7,9H,1-3H3/t9-/m0/s1. The van der Waals surface area contributed by atoms with Gasteiger partial charge >= 0.3 is 0 Å². The van der Waals surface area contributed by atoms with E-state index in [1.807, 2.05) is 19.6 Å². The van der Waals surface area contributed by atoms with Gasteiger partial charge in [-0.2, -0.15) is 0 Å². The van der Waals surface area contributed by atoms with Crippen LogP contribution in [0.2, 0.25) is 19.6 Å². The molecule has 0 N–H and O–H groups in total. The van der Waals surface area contributed by atoms with Gasteiger partial charge in [0.15, 0.2) is 0 Å². The summed E-state index contributed by atoms with van der Waals surface area (Å²) in [5.74, 6) is -0.777. The minimum absolute atomic E-state index is 0.768. The molecule has 1 heterocycles. The minimum atomic E-state index is -1.70. The molecule has 0 aliphatic rings. The first-order chi connectivity index (χ1) is 5.52. The highest BCUT2D eigenvalue weighted by atomic mass is 28.3. The van der Waals surface area contributed by atoms with Gasteiger partial charge in [0, 0.05) is 12.4 Å². The maximum atomic E-state index is 13.7. The van der Waals surface area contributed by atoms with E-state index >= 15 is 0 Å². The molecule has 1 rings (SSSR count). The highest BCUT2D eigenvalue weighted by Crippen LogP contribution is 2.27. The number of nitrogens with zero attached hydrogens (tertiary/aromatic N) is 1. The fourth-order valence-corrected chi connectivity index (χ4v) is 2.22. The third-order valence-corrected chi connectivity index (χ3v) is 3.61. The van der Waals surface area contributed by atoms with Crippen LogP contribution in [-0.4, -0.2) is 13.1 Å². The molecule has 0 radical (unpaired) electrons. The summed E-state index contributed by atoms with van der Waals surface area (Å²) >= 11 is 0. The van der Waals surface area contributed by atoms with E-state index in [9.17, 15) is 4.39 Å². The van der Waals surface area contributed by atoms with Gasteiger partial charge in [0.05, 0.1) is 8.07 Å². The van der Waals surface area contributed by atoms with Crippen LogP contribution in [0.4, 0.5) is 4.39 Å². The lowest BCUT2D eigenvalue weighted by atomic mass is 10.3. The Hall–Kier alpha value is -0.703. The Balaban J connectivity index is 2.86. The van der Waals surface area contributed by atoms with Crippen LogP contribution in [0.3, 0.4) is 0 Å². The fourth-order valence-electron chi connectivity index (χ4n) is 1.03. The SMILES string of the molecule is C[Si](C)(C)[C@H](F)c1ccncc1. The van der Waals surface area contributed by atoms with E-state index in [4.69, 9.17) is 0 Å². The lowest BCUT2D eigenvalue weighted by Crippen LogP contribution is -2.27. The zero-order valence-corrected chi connectivity index (χ0v) is 8.71. The summed E-state index contributed by atoms with van der Waals surface area (Å²) in [5.41, 5.74) is 0.768. The maximum Gasteiger partial charge on any atom is 0.113 e. The first-order valence-corrected chi connectivity index (χ1v) is 7.63. The molecule has 0 aromatic carbocycles. The van der Waals surface area contributed by atoms with Crippen LogP contribution >= 0.6 is 0 Å². The molecule has 0 saturated carbocycles. The Labute approximate surface area is 73.7 Å². The van der Waals surface area contributed by atoms with Crippen molar-refractivity contribution in [3.63, 3.8) is 0 Å². The van der Waals surface area contributed by atoms with E-state index in [1.54, 1.807) is 24.5 Å². The number of hydrogen-bond donors (Lipinski definition) is 0. The van der Waals surface area contributed by atoms with Crippen LogP contribution in [0.5, 0.6) is 0 Å². The summed E-state index contributed by atoms with van der Waals surface area (Å²) in [6.07, 6.45) is 3.28. The van der Waals surface area contributed by atoms with Crippen molar-refractivity contribution in [2.75, 3.05) is 0 Å². The number of alkyl halides is 1. The van der Waals surface area contributed by atoms with E-state index in [-0.39, 0.29) is 0 Å². The molecule has 0 amide bonds. The minimum Gasteiger partial charge on any atom is -0.265 e. The number of aromatic nitrogens is 1. The summed E-state index contributed by atoms with van der Waals surface area (Å²) in [6, 6.07) is 3.51. The number of rotatable bonds is 2. The normalized spacial score (nSPS) is 14.3. The summed E-state index contributed by atoms with van der Waals surface area (Å²) < 4.78 is 13.7. The molecule has 1 nitrogen and oxygen atoms in total. The van der Waals surface area contributed by atoms with Gasteiger partial charge in [0.25, 0.3) is 0 Å². The van der Waals surface area contributed by atoms with Gasteiger partial charge in [0.1, 0.15) is 5.79 Å². The average molecular weight is 183 g/mol. The van der Waals surface area contributed by atoms with Crippen LogP contribution in [0.1, 0.15) is 11.4 Å². The van der Waals surface area contributed by atoms with E-state index in [2.05, 4.69) is 4.98 Å². The zero-order chi connectivity index (χ0) is 9.19. The molecule has 66 valence electrons. The Morgan fingerprint density at radius 1 is 1.25 bits per heavy atom. The summed E-state index contributed by atoms with van der Waals surface area (Å²) in [6.45, 7) is 6.08. The van der Waals surface area contributed by atoms with E-state index < -0.39 is 13.9 Å². The molecule has 1 atom stereocenters. The molecule has 0 aliphatic heterocycles. The first-order valence-electron chi connectivity index (χ1n) is 4.06. The second-order valence-electron chi connectivity index (χ2n) is 4.01. The number of pyridine rings is 1. The molecule has 0 saturated heterocycles. The monoisotopic (exact) mass is 183 g/mol. The number of halogens is 1. The molecule has 1 aromatic rings. The quantitative estimate of drug-likeness (QED) is 0.642. The van der Waals surface area contributed by atoms with Crippen molar-refractivity contribution in [1.29, 1.82) is 0 Å². The largest absolute Gasteiger partial charge is 0.265 e. The summed E-state index contributed by atoms with van der Waals surface area (Å²) in [4.78, 5) is 3.86. The highest BCUT2D eigenvalue weighted by Gasteiger charge is 2.27. The first kappa shape index (κ1) is 9.39. The highest BCUT2D eigenvalue weighted by molar-refractivity contribution is 6.77.